The topological polar surface area (TPSA) is 17.1 Å². The molecule has 0 saturated carbocycles. The number of hydrogen-bond acceptors (Lipinski definition) is 1. The quantitative estimate of drug-likeness (QED) is 0.549. The predicted octanol–water partition coefficient (Wildman–Crippen LogP) is 3.52. The van der Waals surface area contributed by atoms with Crippen molar-refractivity contribution in [1.82, 2.24) is 0 Å². The van der Waals surface area contributed by atoms with E-state index in [1.54, 1.807) is 12.1 Å². The van der Waals surface area contributed by atoms with Gasteiger partial charge in [0.25, 0.3) is 0 Å². The summed E-state index contributed by atoms with van der Waals surface area (Å²) in [5, 5.41) is -0.401. The van der Waals surface area contributed by atoms with Crippen LogP contribution in [0.25, 0.3) is 0 Å². The summed E-state index contributed by atoms with van der Waals surface area (Å²) in [6, 6.07) is 9.21. The summed E-state index contributed by atoms with van der Waals surface area (Å²) in [6.45, 7) is 4.04. The largest absolute Gasteiger partial charge is 0.292 e. The molecule has 0 aliphatic carbocycles. The summed E-state index contributed by atoms with van der Waals surface area (Å²) in [4.78, 5) is 11.8. The molecule has 2 atom stereocenters. The Kier molecular flexibility index (Phi) is 4.15. The highest BCUT2D eigenvalue weighted by atomic mass is 35.5. The van der Waals surface area contributed by atoms with Crippen LogP contribution >= 0.6 is 11.6 Å². The Morgan fingerprint density at radius 2 is 1.93 bits per heavy atom. The molecule has 0 radical (unpaired) electrons. The van der Waals surface area contributed by atoms with Crippen molar-refractivity contribution in [1.29, 1.82) is 0 Å². The van der Waals surface area contributed by atoms with E-state index in [4.69, 9.17) is 11.6 Å². The summed E-state index contributed by atoms with van der Waals surface area (Å²) >= 11 is 6.07. The monoisotopic (exact) mass is 210 g/mol. The van der Waals surface area contributed by atoms with Crippen LogP contribution in [0.5, 0.6) is 0 Å². The van der Waals surface area contributed by atoms with Crippen LogP contribution in [0.2, 0.25) is 0 Å². The van der Waals surface area contributed by atoms with Crippen LogP contribution in [0.15, 0.2) is 30.3 Å². The van der Waals surface area contributed by atoms with Gasteiger partial charge in [0.2, 0.25) is 0 Å². The lowest BCUT2D eigenvalue weighted by Crippen LogP contribution is -2.22. The zero-order valence-electron chi connectivity index (χ0n) is 8.53. The van der Waals surface area contributed by atoms with Crippen molar-refractivity contribution in [2.24, 2.45) is 5.92 Å². The summed E-state index contributed by atoms with van der Waals surface area (Å²) in [7, 11) is 0. The van der Waals surface area contributed by atoms with Crippen molar-refractivity contribution in [2.75, 3.05) is 0 Å². The molecule has 0 aliphatic heterocycles. The predicted molar refractivity (Wildman–Crippen MR) is 59.9 cm³/mol. The van der Waals surface area contributed by atoms with E-state index in [2.05, 4.69) is 0 Å². The Hall–Kier alpha value is -0.820. The van der Waals surface area contributed by atoms with Gasteiger partial charge < -0.3 is 0 Å². The molecule has 0 fully saturated rings. The molecule has 2 heteroatoms. The Morgan fingerprint density at radius 1 is 1.36 bits per heavy atom. The number of Topliss-reactive ketones (excluding diaryl/α,β-unsaturated/α-hetero) is 1. The van der Waals surface area contributed by atoms with Crippen molar-refractivity contribution in [3.8, 4) is 0 Å². The van der Waals surface area contributed by atoms with E-state index in [1.165, 1.54) is 0 Å². The standard InChI is InChI=1S/C12H15ClO/c1-3-9(2)11(13)12(14)10-7-5-4-6-8-10/h4-9,11H,3H2,1-2H3. The molecule has 0 heterocycles. The fourth-order valence-corrected chi connectivity index (χ4v) is 1.53. The van der Waals surface area contributed by atoms with E-state index in [9.17, 15) is 4.79 Å². The lowest BCUT2D eigenvalue weighted by atomic mass is 9.97. The van der Waals surface area contributed by atoms with Gasteiger partial charge in [0.05, 0.1) is 5.38 Å². The van der Waals surface area contributed by atoms with Crippen LogP contribution < -0.4 is 0 Å². The lowest BCUT2D eigenvalue weighted by molar-refractivity contribution is 0.0969. The van der Waals surface area contributed by atoms with Crippen molar-refractivity contribution in [3.05, 3.63) is 35.9 Å². The highest BCUT2D eigenvalue weighted by Gasteiger charge is 2.21. The third-order valence-electron chi connectivity index (χ3n) is 2.45. The minimum Gasteiger partial charge on any atom is -0.292 e. The molecule has 0 amide bonds. The second-order valence-electron chi connectivity index (χ2n) is 3.52. The number of benzene rings is 1. The van der Waals surface area contributed by atoms with Gasteiger partial charge in [-0.25, -0.2) is 0 Å². The third-order valence-corrected chi connectivity index (χ3v) is 3.08. The van der Waals surface area contributed by atoms with E-state index in [-0.39, 0.29) is 11.7 Å². The second-order valence-corrected chi connectivity index (χ2v) is 3.99. The van der Waals surface area contributed by atoms with Crippen molar-refractivity contribution in [2.45, 2.75) is 25.6 Å². The van der Waals surface area contributed by atoms with Gasteiger partial charge in [-0.3, -0.25) is 4.79 Å². The number of rotatable bonds is 4. The SMILES string of the molecule is CCC(C)C(Cl)C(=O)c1ccccc1. The fraction of sp³-hybridized carbons (Fsp3) is 0.417. The number of carbonyl (C=O) groups excluding carboxylic acids is 1. The number of alkyl halides is 1. The molecule has 0 bridgehead atoms. The van der Waals surface area contributed by atoms with Crippen LogP contribution in [0, 0.1) is 5.92 Å². The van der Waals surface area contributed by atoms with E-state index in [0.717, 1.165) is 6.42 Å². The number of carbonyl (C=O) groups is 1. The second kappa shape index (κ2) is 5.16. The first kappa shape index (κ1) is 11.3. The summed E-state index contributed by atoms with van der Waals surface area (Å²) in [5.74, 6) is 0.256. The lowest BCUT2D eigenvalue weighted by Gasteiger charge is -2.14. The molecule has 0 N–H and O–H groups in total. The van der Waals surface area contributed by atoms with Gasteiger partial charge in [-0.15, -0.1) is 11.6 Å². The van der Waals surface area contributed by atoms with Crippen LogP contribution in [0.3, 0.4) is 0 Å². The first-order valence-electron chi connectivity index (χ1n) is 4.90. The van der Waals surface area contributed by atoms with Crippen molar-refractivity contribution >= 4 is 17.4 Å². The molecule has 0 spiro atoms. The molecule has 1 rings (SSSR count). The normalized spacial score (nSPS) is 14.8. The number of halogens is 1. The average Bonchev–Trinajstić information content (AvgIpc) is 2.27. The minimum atomic E-state index is -0.401. The molecule has 1 nitrogen and oxygen atoms in total. The highest BCUT2D eigenvalue weighted by Crippen LogP contribution is 2.18. The van der Waals surface area contributed by atoms with E-state index in [1.807, 2.05) is 32.0 Å². The Bertz CT molecular complexity index is 294. The summed E-state index contributed by atoms with van der Waals surface area (Å²) in [6.07, 6.45) is 0.923. The highest BCUT2D eigenvalue weighted by molar-refractivity contribution is 6.34. The van der Waals surface area contributed by atoms with E-state index < -0.39 is 5.38 Å². The maximum atomic E-state index is 11.8. The Morgan fingerprint density at radius 3 is 2.43 bits per heavy atom. The van der Waals surface area contributed by atoms with Gasteiger partial charge >= 0.3 is 0 Å². The summed E-state index contributed by atoms with van der Waals surface area (Å²) in [5.41, 5.74) is 0.702. The van der Waals surface area contributed by atoms with Gasteiger partial charge in [0.1, 0.15) is 0 Å². The maximum Gasteiger partial charge on any atom is 0.180 e. The van der Waals surface area contributed by atoms with Crippen LogP contribution in [-0.2, 0) is 0 Å². The molecule has 0 aliphatic rings. The van der Waals surface area contributed by atoms with E-state index >= 15 is 0 Å². The first-order chi connectivity index (χ1) is 6.66. The fourth-order valence-electron chi connectivity index (χ4n) is 1.23. The van der Waals surface area contributed by atoms with Gasteiger partial charge in [-0.05, 0) is 5.92 Å². The number of ketones is 1. The molecule has 1 aromatic rings. The van der Waals surface area contributed by atoms with Gasteiger partial charge in [-0.1, -0.05) is 50.6 Å². The smallest absolute Gasteiger partial charge is 0.180 e. The van der Waals surface area contributed by atoms with Gasteiger partial charge in [0, 0.05) is 5.56 Å². The average molecular weight is 211 g/mol. The molecule has 14 heavy (non-hydrogen) atoms. The maximum absolute atomic E-state index is 11.8. The van der Waals surface area contributed by atoms with Crippen LogP contribution in [0.4, 0.5) is 0 Å². The molecule has 2 unspecified atom stereocenters. The summed E-state index contributed by atoms with van der Waals surface area (Å²) < 4.78 is 0. The molecule has 76 valence electrons. The van der Waals surface area contributed by atoms with Crippen molar-refractivity contribution < 1.29 is 4.79 Å². The first-order valence-corrected chi connectivity index (χ1v) is 5.33. The van der Waals surface area contributed by atoms with Crippen LogP contribution in [0.1, 0.15) is 30.6 Å². The molecular formula is C12H15ClO. The van der Waals surface area contributed by atoms with Gasteiger partial charge in [-0.2, -0.15) is 0 Å². The van der Waals surface area contributed by atoms with Gasteiger partial charge in [0.15, 0.2) is 5.78 Å². The molecular weight excluding hydrogens is 196 g/mol. The zero-order chi connectivity index (χ0) is 10.6. The van der Waals surface area contributed by atoms with Crippen LogP contribution in [-0.4, -0.2) is 11.2 Å². The number of hydrogen-bond donors (Lipinski definition) is 0. The molecule has 1 aromatic carbocycles. The molecule has 0 saturated heterocycles. The minimum absolute atomic E-state index is 0.0293. The Balaban J connectivity index is 2.76. The van der Waals surface area contributed by atoms with E-state index in [0.29, 0.717) is 5.56 Å². The van der Waals surface area contributed by atoms with Crippen molar-refractivity contribution in [3.63, 3.8) is 0 Å². The molecule has 0 aromatic heterocycles. The third kappa shape index (κ3) is 2.58. The Labute approximate surface area is 90.1 Å². The zero-order valence-corrected chi connectivity index (χ0v) is 9.29.